The molecule has 26 heavy (non-hydrogen) atoms. The summed E-state index contributed by atoms with van der Waals surface area (Å²) in [5.74, 6) is 0. The van der Waals surface area contributed by atoms with E-state index in [9.17, 15) is 0 Å². The summed E-state index contributed by atoms with van der Waals surface area (Å²) in [5, 5.41) is 0. The maximum absolute atomic E-state index is 4.95. The summed E-state index contributed by atoms with van der Waals surface area (Å²) < 4.78 is 3.00. The molecule has 0 radical (unpaired) electrons. The smallest absolute Gasteiger partial charge is 1.00 e. The molecule has 0 spiro atoms. The Bertz CT molecular complexity index is 173. The van der Waals surface area contributed by atoms with Gasteiger partial charge < -0.3 is 50.7 Å². The van der Waals surface area contributed by atoms with Gasteiger partial charge in [0.05, 0.1) is 84.6 Å². The molecule has 14 heteroatoms. The van der Waals surface area contributed by atoms with Gasteiger partial charge >= 0.3 is 83.4 Å². The minimum atomic E-state index is -1.77. The van der Waals surface area contributed by atoms with E-state index in [1.807, 2.05) is 0 Å². The molecule has 0 aromatic rings. The van der Waals surface area contributed by atoms with Crippen LogP contribution in [0.4, 0.5) is 0 Å². The predicted octanol–water partition coefficient (Wildman–Crippen LogP) is -4.65. The first-order valence-electron chi connectivity index (χ1n) is 6.38. The maximum atomic E-state index is 4.95. The fourth-order valence-corrected chi connectivity index (χ4v) is 0. The molecule has 0 aliphatic rings. The van der Waals surface area contributed by atoms with Crippen LogP contribution in [0.3, 0.4) is 0 Å². The zero-order chi connectivity index (χ0) is 20.7. The van der Waals surface area contributed by atoms with Crippen LogP contribution in [-0.4, -0.2) is 122 Å². The predicted molar refractivity (Wildman–Crippen MR) is 118 cm³/mol. The van der Waals surface area contributed by atoms with E-state index in [1.54, 1.807) is 0 Å². The second-order valence-electron chi connectivity index (χ2n) is 8.43. The molecule has 0 saturated heterocycles. The monoisotopic (exact) mass is 687 g/mol. The first-order valence-corrected chi connectivity index (χ1v) is 21.2. The third kappa shape index (κ3) is 1500. The molecule has 3 nitrogen and oxygen atoms in total. The molecular weight excluding hydrogens is 655 g/mol. The SMILES string of the molecule is C[N+](C)(C)C.C[N+](C)(C)C.C[N+](C)(C)C.Cl[As](Cl)Cl.Cl[As](Cl)Cl.[Cl-].[Cl-].[Cl-]. The van der Waals surface area contributed by atoms with Gasteiger partial charge in [-0.2, -0.15) is 0 Å². The molecule has 0 unspecified atom stereocenters. The van der Waals surface area contributed by atoms with E-state index in [0.717, 1.165) is 13.4 Å². The van der Waals surface area contributed by atoms with Crippen LogP contribution in [0.5, 0.6) is 0 Å². The summed E-state index contributed by atoms with van der Waals surface area (Å²) in [6, 6.07) is 0. The first kappa shape index (κ1) is 51.9. The second-order valence-corrected chi connectivity index (χ2v) is 26.0. The fourth-order valence-electron chi connectivity index (χ4n) is 0. The van der Waals surface area contributed by atoms with E-state index in [-0.39, 0.29) is 37.2 Å². The molecule has 0 fully saturated rings. The summed E-state index contributed by atoms with van der Waals surface area (Å²) in [4.78, 5) is 0. The Morgan fingerprint density at radius 2 is 0.346 bits per heavy atom. The fraction of sp³-hybridized carbons (Fsp3) is 1.00. The summed E-state index contributed by atoms with van der Waals surface area (Å²) >= 11 is -3.54. The van der Waals surface area contributed by atoms with E-state index in [2.05, 4.69) is 84.6 Å². The molecule has 0 saturated carbocycles. The van der Waals surface area contributed by atoms with Crippen LogP contribution in [0.25, 0.3) is 0 Å². The van der Waals surface area contributed by atoms with Gasteiger partial charge in [-0.15, -0.1) is 0 Å². The number of hydrogen-bond donors (Lipinski definition) is 0. The summed E-state index contributed by atoms with van der Waals surface area (Å²) in [6.45, 7) is 0. The van der Waals surface area contributed by atoms with Gasteiger partial charge in [0.1, 0.15) is 0 Å². The molecule has 0 aliphatic heterocycles. The van der Waals surface area contributed by atoms with Gasteiger partial charge in [0.2, 0.25) is 0 Å². The Labute approximate surface area is 216 Å². The second kappa shape index (κ2) is 28.6. The molecule has 0 N–H and O–H groups in total. The molecule has 0 amide bonds. The van der Waals surface area contributed by atoms with Crippen LogP contribution in [0, 0.1) is 0 Å². The Balaban J connectivity index is -0.0000000253. The average molecular weight is 691 g/mol. The third-order valence-electron chi connectivity index (χ3n) is 0. The van der Waals surface area contributed by atoms with E-state index >= 15 is 0 Å². The number of rotatable bonds is 0. The van der Waals surface area contributed by atoms with Crippen molar-refractivity contribution in [1.29, 1.82) is 0 Å². The van der Waals surface area contributed by atoms with Gasteiger partial charge in [-0.05, 0) is 0 Å². The molecule has 0 aromatic heterocycles. The Morgan fingerprint density at radius 1 is 0.346 bits per heavy atom. The first-order chi connectivity index (χ1) is 9.46. The van der Waals surface area contributed by atoms with Crippen LogP contribution < -0.4 is 37.2 Å². The van der Waals surface area contributed by atoms with Crippen LogP contribution >= 0.6 is 59.7 Å². The van der Waals surface area contributed by atoms with Crippen LogP contribution in [-0.2, 0) is 0 Å². The molecule has 0 heterocycles. The van der Waals surface area contributed by atoms with Crippen molar-refractivity contribution < 1.29 is 50.7 Å². The summed E-state index contributed by atoms with van der Waals surface area (Å²) in [6.07, 6.45) is 0. The van der Waals surface area contributed by atoms with Gasteiger partial charge in [0.15, 0.2) is 0 Å². The van der Waals surface area contributed by atoms with Crippen LogP contribution in [0.2, 0.25) is 0 Å². The van der Waals surface area contributed by atoms with Crippen molar-refractivity contribution in [3.63, 3.8) is 0 Å². The molecule has 0 aromatic carbocycles. The van der Waals surface area contributed by atoms with Crippen molar-refractivity contribution in [1.82, 2.24) is 0 Å². The number of halogens is 9. The van der Waals surface area contributed by atoms with E-state index in [4.69, 9.17) is 59.7 Å². The summed E-state index contributed by atoms with van der Waals surface area (Å²) in [5.41, 5.74) is 0. The molecule has 0 aliphatic carbocycles. The van der Waals surface area contributed by atoms with Crippen LogP contribution in [0.15, 0.2) is 0 Å². The molecule has 0 atom stereocenters. The van der Waals surface area contributed by atoms with Gasteiger partial charge in [-0.25, -0.2) is 0 Å². The largest absolute Gasteiger partial charge is 1.00 e. The number of nitrogens with zero attached hydrogens (tertiary/aromatic N) is 3. The number of quaternary nitrogens is 3. The average Bonchev–Trinajstić information content (AvgIpc) is 1.85. The molecule has 0 rings (SSSR count). The Hall–Kier alpha value is 3.61. The minimum absolute atomic E-state index is 0. The van der Waals surface area contributed by atoms with Crippen molar-refractivity contribution in [3.05, 3.63) is 0 Å². The summed E-state index contributed by atoms with van der Waals surface area (Å²) in [7, 11) is 55.2. The zero-order valence-corrected chi connectivity index (χ0v) is 28.2. The van der Waals surface area contributed by atoms with Crippen molar-refractivity contribution in [2.24, 2.45) is 0 Å². The van der Waals surface area contributed by atoms with Crippen molar-refractivity contribution >= 4 is 83.4 Å². The van der Waals surface area contributed by atoms with Crippen molar-refractivity contribution in [3.8, 4) is 0 Å². The minimum Gasteiger partial charge on any atom is -1.00 e. The third-order valence-corrected chi connectivity index (χ3v) is 0. The molecule has 172 valence electrons. The van der Waals surface area contributed by atoms with Gasteiger partial charge in [0, 0.05) is 0 Å². The quantitative estimate of drug-likeness (QED) is 0.177. The Morgan fingerprint density at radius 3 is 0.346 bits per heavy atom. The van der Waals surface area contributed by atoms with E-state index in [1.165, 1.54) is 0 Å². The molecule has 0 bridgehead atoms. The van der Waals surface area contributed by atoms with Crippen LogP contribution in [0.1, 0.15) is 0 Å². The van der Waals surface area contributed by atoms with Crippen molar-refractivity contribution in [2.45, 2.75) is 0 Å². The Kier molecular flexibility index (Phi) is 57.1. The zero-order valence-electron chi connectivity index (χ0n) is 17.6. The van der Waals surface area contributed by atoms with E-state index < -0.39 is 23.7 Å². The number of hydrogen-bond acceptors (Lipinski definition) is 0. The molecular formula is C12H36As2Cl9N3. The van der Waals surface area contributed by atoms with E-state index in [0.29, 0.717) is 0 Å². The van der Waals surface area contributed by atoms with Gasteiger partial charge in [-0.3, -0.25) is 0 Å². The van der Waals surface area contributed by atoms with Crippen molar-refractivity contribution in [2.75, 3.05) is 84.6 Å². The maximum Gasteiger partial charge on any atom is -1.00 e. The standard InChI is InChI=1S/3C4H12N.2AsCl3.3ClH/c3*1-5(2,3)4;2*2-1(3)4;;;/h3*1-4H3;;;3*1H/q3*+1;;;;;/p-3. The van der Waals surface area contributed by atoms with Gasteiger partial charge in [-0.1, -0.05) is 0 Å². The topological polar surface area (TPSA) is 0 Å². The van der Waals surface area contributed by atoms with Gasteiger partial charge in [0.25, 0.3) is 0 Å². The normalized spacial score (nSPS) is 9.69.